The van der Waals surface area contributed by atoms with Crippen molar-refractivity contribution < 1.29 is 0 Å². The number of nitrogens with one attached hydrogen (secondary N) is 2. The molecule has 4 nitrogen and oxygen atoms in total. The van der Waals surface area contributed by atoms with Gasteiger partial charge in [-0.3, -0.25) is 5.10 Å². The highest BCUT2D eigenvalue weighted by Crippen LogP contribution is 2.33. The van der Waals surface area contributed by atoms with E-state index in [2.05, 4.69) is 27.4 Å². The Bertz CT molecular complexity index is 290. The number of hydrogen-bond donors (Lipinski definition) is 2. The minimum atomic E-state index is 0.661. The molecule has 14 heavy (non-hydrogen) atoms. The molecular formula is C10H18N4. The van der Waals surface area contributed by atoms with Gasteiger partial charge in [-0.25, -0.2) is 4.98 Å². The van der Waals surface area contributed by atoms with Crippen LogP contribution < -0.4 is 5.32 Å². The maximum absolute atomic E-state index is 4.27. The zero-order valence-corrected chi connectivity index (χ0v) is 8.88. The molecule has 0 amide bonds. The Morgan fingerprint density at radius 1 is 1.57 bits per heavy atom. The molecule has 0 spiro atoms. The highest BCUT2D eigenvalue weighted by Gasteiger charge is 2.29. The zero-order valence-electron chi connectivity index (χ0n) is 8.88. The summed E-state index contributed by atoms with van der Waals surface area (Å²) in [6.07, 6.45) is 3.98. The van der Waals surface area contributed by atoms with Gasteiger partial charge in [0.15, 0.2) is 5.82 Å². The fourth-order valence-corrected chi connectivity index (χ4v) is 1.83. The lowest BCUT2D eigenvalue weighted by Gasteiger charge is -2.14. The third kappa shape index (κ3) is 2.32. The summed E-state index contributed by atoms with van der Waals surface area (Å²) in [7, 11) is 0. The van der Waals surface area contributed by atoms with Crippen molar-refractivity contribution in [1.29, 1.82) is 0 Å². The molecule has 2 rings (SSSR count). The van der Waals surface area contributed by atoms with E-state index in [1.807, 2.05) is 6.92 Å². The summed E-state index contributed by atoms with van der Waals surface area (Å²) in [5, 5.41) is 10.5. The fraction of sp³-hybridized carbons (Fsp3) is 0.800. The topological polar surface area (TPSA) is 53.6 Å². The second kappa shape index (κ2) is 4.09. The number of nitrogens with zero attached hydrogens (tertiary/aromatic N) is 2. The van der Waals surface area contributed by atoms with Crippen LogP contribution in [0.4, 0.5) is 0 Å². The van der Waals surface area contributed by atoms with E-state index in [1.165, 1.54) is 19.3 Å². The molecule has 0 radical (unpaired) electrons. The summed E-state index contributed by atoms with van der Waals surface area (Å²) in [5.74, 6) is 2.67. The van der Waals surface area contributed by atoms with Crippen LogP contribution in [0.5, 0.6) is 0 Å². The average molecular weight is 194 g/mol. The van der Waals surface area contributed by atoms with Crippen LogP contribution in [0.2, 0.25) is 0 Å². The van der Waals surface area contributed by atoms with E-state index in [1.54, 1.807) is 0 Å². The second-order valence-electron chi connectivity index (χ2n) is 4.07. The van der Waals surface area contributed by atoms with Gasteiger partial charge in [0.05, 0.1) is 6.54 Å². The molecule has 1 saturated carbocycles. The molecule has 1 unspecified atom stereocenters. The fourth-order valence-electron chi connectivity index (χ4n) is 1.83. The molecule has 1 aliphatic carbocycles. The number of aromatic amines is 1. The largest absolute Gasteiger partial charge is 0.307 e. The molecule has 1 aromatic rings. The van der Waals surface area contributed by atoms with Crippen molar-refractivity contribution in [2.75, 3.05) is 0 Å². The van der Waals surface area contributed by atoms with Crippen LogP contribution in [-0.4, -0.2) is 21.2 Å². The highest BCUT2D eigenvalue weighted by molar-refractivity contribution is 4.90. The molecule has 1 fully saturated rings. The van der Waals surface area contributed by atoms with Crippen LogP contribution in [0.3, 0.4) is 0 Å². The second-order valence-corrected chi connectivity index (χ2v) is 4.07. The summed E-state index contributed by atoms with van der Waals surface area (Å²) in [5.41, 5.74) is 0. The summed E-state index contributed by atoms with van der Waals surface area (Å²) in [6.45, 7) is 4.95. The van der Waals surface area contributed by atoms with Gasteiger partial charge >= 0.3 is 0 Å². The van der Waals surface area contributed by atoms with E-state index in [0.717, 1.165) is 24.1 Å². The molecule has 0 aromatic carbocycles. The number of aryl methyl sites for hydroxylation is 1. The van der Waals surface area contributed by atoms with Crippen LogP contribution in [-0.2, 0) is 6.54 Å². The lowest BCUT2D eigenvalue weighted by Crippen LogP contribution is -2.30. The van der Waals surface area contributed by atoms with Crippen LogP contribution in [0.15, 0.2) is 0 Å². The highest BCUT2D eigenvalue weighted by atomic mass is 15.2. The predicted molar refractivity (Wildman–Crippen MR) is 54.8 cm³/mol. The van der Waals surface area contributed by atoms with Gasteiger partial charge in [-0.1, -0.05) is 6.92 Å². The first-order chi connectivity index (χ1) is 6.79. The van der Waals surface area contributed by atoms with Gasteiger partial charge in [-0.05, 0) is 32.1 Å². The van der Waals surface area contributed by atoms with Gasteiger partial charge in [-0.15, -0.1) is 0 Å². The van der Waals surface area contributed by atoms with Crippen LogP contribution >= 0.6 is 0 Å². The van der Waals surface area contributed by atoms with Crippen molar-refractivity contribution in [3.05, 3.63) is 11.6 Å². The summed E-state index contributed by atoms with van der Waals surface area (Å²) in [6, 6.07) is 0.661. The molecule has 4 heteroatoms. The van der Waals surface area contributed by atoms with Crippen molar-refractivity contribution in [1.82, 2.24) is 20.5 Å². The summed E-state index contributed by atoms with van der Waals surface area (Å²) in [4.78, 5) is 4.27. The smallest absolute Gasteiger partial charge is 0.164 e. The Kier molecular flexibility index (Phi) is 2.82. The van der Waals surface area contributed by atoms with E-state index in [4.69, 9.17) is 0 Å². The molecule has 2 N–H and O–H groups in total. The van der Waals surface area contributed by atoms with Crippen molar-refractivity contribution in [2.24, 2.45) is 5.92 Å². The molecule has 0 bridgehead atoms. The van der Waals surface area contributed by atoms with E-state index in [0.29, 0.717) is 6.04 Å². The normalized spacial score (nSPS) is 18.4. The first kappa shape index (κ1) is 9.65. The van der Waals surface area contributed by atoms with E-state index >= 15 is 0 Å². The molecule has 1 heterocycles. The van der Waals surface area contributed by atoms with Crippen molar-refractivity contribution in [2.45, 2.75) is 45.7 Å². The first-order valence-corrected chi connectivity index (χ1v) is 5.41. The van der Waals surface area contributed by atoms with Gasteiger partial charge in [0.2, 0.25) is 0 Å². The quantitative estimate of drug-likeness (QED) is 0.744. The van der Waals surface area contributed by atoms with Crippen molar-refractivity contribution in [3.8, 4) is 0 Å². The van der Waals surface area contributed by atoms with Crippen molar-refractivity contribution in [3.63, 3.8) is 0 Å². The van der Waals surface area contributed by atoms with E-state index in [-0.39, 0.29) is 0 Å². The van der Waals surface area contributed by atoms with E-state index in [9.17, 15) is 0 Å². The van der Waals surface area contributed by atoms with Gasteiger partial charge in [0.25, 0.3) is 0 Å². The average Bonchev–Trinajstić information content (AvgIpc) is 2.92. The van der Waals surface area contributed by atoms with Crippen molar-refractivity contribution >= 4 is 0 Å². The minimum absolute atomic E-state index is 0.661. The Balaban J connectivity index is 1.80. The number of hydrogen-bond acceptors (Lipinski definition) is 3. The SMILES string of the molecule is CCC(NCc1n[nH]c(C)n1)C1CC1. The van der Waals surface area contributed by atoms with E-state index < -0.39 is 0 Å². The van der Waals surface area contributed by atoms with Gasteiger partial charge in [0.1, 0.15) is 5.82 Å². The number of rotatable bonds is 5. The Labute approximate surface area is 84.5 Å². The molecule has 1 aliphatic rings. The lowest BCUT2D eigenvalue weighted by molar-refractivity contribution is 0.443. The Morgan fingerprint density at radius 2 is 2.36 bits per heavy atom. The third-order valence-electron chi connectivity index (χ3n) is 2.80. The summed E-state index contributed by atoms with van der Waals surface area (Å²) >= 11 is 0. The molecule has 0 saturated heterocycles. The predicted octanol–water partition coefficient (Wildman–Crippen LogP) is 1.39. The zero-order chi connectivity index (χ0) is 9.97. The Hall–Kier alpha value is -0.900. The van der Waals surface area contributed by atoms with Crippen LogP contribution in [0, 0.1) is 12.8 Å². The standard InChI is InChI=1S/C10H18N4/c1-3-9(8-4-5-8)11-6-10-12-7(2)13-14-10/h8-9,11H,3-6H2,1-2H3,(H,12,13,14). The monoisotopic (exact) mass is 194 g/mol. The molecular weight excluding hydrogens is 176 g/mol. The van der Waals surface area contributed by atoms with Crippen LogP contribution in [0.1, 0.15) is 37.8 Å². The number of H-pyrrole nitrogens is 1. The Morgan fingerprint density at radius 3 is 2.86 bits per heavy atom. The number of aromatic nitrogens is 3. The molecule has 78 valence electrons. The molecule has 1 atom stereocenters. The maximum atomic E-state index is 4.27. The third-order valence-corrected chi connectivity index (χ3v) is 2.80. The maximum Gasteiger partial charge on any atom is 0.164 e. The van der Waals surface area contributed by atoms with Crippen LogP contribution in [0.25, 0.3) is 0 Å². The van der Waals surface area contributed by atoms with Gasteiger partial charge < -0.3 is 5.32 Å². The molecule has 1 aromatic heterocycles. The first-order valence-electron chi connectivity index (χ1n) is 5.41. The lowest BCUT2D eigenvalue weighted by atomic mass is 10.1. The van der Waals surface area contributed by atoms with Gasteiger partial charge in [-0.2, -0.15) is 5.10 Å². The minimum Gasteiger partial charge on any atom is -0.307 e. The van der Waals surface area contributed by atoms with Gasteiger partial charge in [0, 0.05) is 6.04 Å². The summed E-state index contributed by atoms with van der Waals surface area (Å²) < 4.78 is 0. The molecule has 0 aliphatic heterocycles.